The van der Waals surface area contributed by atoms with Gasteiger partial charge >= 0.3 is 0 Å². The highest BCUT2D eigenvalue weighted by atomic mass is 16.7. The van der Waals surface area contributed by atoms with E-state index in [2.05, 4.69) is 19.1 Å². The van der Waals surface area contributed by atoms with Gasteiger partial charge in [0.2, 0.25) is 0 Å². The minimum absolute atomic E-state index is 0.0235. The summed E-state index contributed by atoms with van der Waals surface area (Å²) in [6.07, 6.45) is 17.5. The lowest BCUT2D eigenvalue weighted by Crippen LogP contribution is -2.17. The Morgan fingerprint density at radius 2 is 1.25 bits per heavy atom. The summed E-state index contributed by atoms with van der Waals surface area (Å²) in [5.41, 5.74) is 0. The van der Waals surface area contributed by atoms with E-state index < -0.39 is 0 Å². The van der Waals surface area contributed by atoms with Gasteiger partial charge in [-0.2, -0.15) is 0 Å². The molecule has 0 unspecified atom stereocenters. The molecular formula is C18H36O2. The quantitative estimate of drug-likeness (QED) is 0.213. The fourth-order valence-corrected chi connectivity index (χ4v) is 2.33. The second-order valence-corrected chi connectivity index (χ2v) is 5.27. The van der Waals surface area contributed by atoms with Crippen LogP contribution in [0.4, 0.5) is 0 Å². The van der Waals surface area contributed by atoms with Crippen molar-refractivity contribution in [2.45, 2.75) is 91.3 Å². The van der Waals surface area contributed by atoms with Crippen molar-refractivity contribution in [1.29, 1.82) is 0 Å². The third-order valence-electron chi connectivity index (χ3n) is 3.42. The molecule has 0 atom stereocenters. The lowest BCUT2D eigenvalue weighted by molar-refractivity contribution is -0.140. The van der Waals surface area contributed by atoms with Crippen molar-refractivity contribution in [3.63, 3.8) is 0 Å². The fourth-order valence-electron chi connectivity index (χ4n) is 2.33. The molecule has 0 amide bonds. The highest BCUT2D eigenvalue weighted by Gasteiger charge is 2.06. The molecule has 0 fully saturated rings. The van der Waals surface area contributed by atoms with Gasteiger partial charge in [0.1, 0.15) is 0 Å². The zero-order valence-corrected chi connectivity index (χ0v) is 14.0. The number of rotatable bonds is 15. The lowest BCUT2D eigenvalue weighted by atomic mass is 10.1. The molecule has 0 saturated heterocycles. The van der Waals surface area contributed by atoms with Gasteiger partial charge in [-0.05, 0) is 46.0 Å². The fraction of sp³-hybridized carbons (Fsp3) is 0.889. The Hall–Kier alpha value is -0.340. The SMILES string of the molecule is CC/C=C/CCCCCCCCCC(OCC)OCC. The standard InChI is InChI=1S/C18H36O2/c1-4-7-8-9-10-11-12-13-14-15-16-17-18(19-5-2)20-6-3/h7-8,18H,4-6,9-17H2,1-3H3/b8-7+. The van der Waals surface area contributed by atoms with Gasteiger partial charge in [0.05, 0.1) is 0 Å². The third kappa shape index (κ3) is 14.1. The van der Waals surface area contributed by atoms with Crippen molar-refractivity contribution >= 4 is 0 Å². The van der Waals surface area contributed by atoms with Crippen LogP contribution in [-0.2, 0) is 9.47 Å². The second kappa shape index (κ2) is 16.7. The van der Waals surface area contributed by atoms with Crippen LogP contribution in [-0.4, -0.2) is 19.5 Å². The smallest absolute Gasteiger partial charge is 0.157 e. The van der Waals surface area contributed by atoms with E-state index in [1.807, 2.05) is 13.8 Å². The molecule has 120 valence electrons. The maximum Gasteiger partial charge on any atom is 0.157 e. The normalized spacial score (nSPS) is 11.8. The Morgan fingerprint density at radius 3 is 1.80 bits per heavy atom. The molecule has 0 heterocycles. The molecule has 2 heteroatoms. The Morgan fingerprint density at radius 1 is 0.700 bits per heavy atom. The van der Waals surface area contributed by atoms with Crippen LogP contribution in [0.2, 0.25) is 0 Å². The summed E-state index contributed by atoms with van der Waals surface area (Å²) in [6, 6.07) is 0. The van der Waals surface area contributed by atoms with Crippen molar-refractivity contribution in [2.75, 3.05) is 13.2 Å². The van der Waals surface area contributed by atoms with E-state index in [-0.39, 0.29) is 6.29 Å². The molecule has 0 aromatic carbocycles. The average molecular weight is 284 g/mol. The molecule has 0 aliphatic carbocycles. The first-order valence-corrected chi connectivity index (χ1v) is 8.73. The van der Waals surface area contributed by atoms with Gasteiger partial charge in [-0.1, -0.05) is 51.2 Å². The van der Waals surface area contributed by atoms with Crippen molar-refractivity contribution in [3.8, 4) is 0 Å². The predicted molar refractivity (Wildman–Crippen MR) is 88.0 cm³/mol. The van der Waals surface area contributed by atoms with Crippen LogP contribution in [0, 0.1) is 0 Å². The maximum absolute atomic E-state index is 5.55. The Bertz CT molecular complexity index is 196. The van der Waals surface area contributed by atoms with Crippen LogP contribution in [0.1, 0.15) is 85.0 Å². The largest absolute Gasteiger partial charge is 0.353 e. The second-order valence-electron chi connectivity index (χ2n) is 5.27. The van der Waals surface area contributed by atoms with Crippen molar-refractivity contribution < 1.29 is 9.47 Å². The number of hydrogen-bond donors (Lipinski definition) is 0. The molecular weight excluding hydrogens is 248 g/mol. The molecule has 0 saturated carbocycles. The maximum atomic E-state index is 5.55. The van der Waals surface area contributed by atoms with Crippen LogP contribution >= 0.6 is 0 Å². The third-order valence-corrected chi connectivity index (χ3v) is 3.42. The zero-order chi connectivity index (χ0) is 14.9. The molecule has 0 aromatic heterocycles. The van der Waals surface area contributed by atoms with Gasteiger partial charge in [0.25, 0.3) is 0 Å². The van der Waals surface area contributed by atoms with E-state index in [0.29, 0.717) is 0 Å². The van der Waals surface area contributed by atoms with Crippen LogP contribution in [0.25, 0.3) is 0 Å². The number of allylic oxidation sites excluding steroid dienone is 2. The van der Waals surface area contributed by atoms with Gasteiger partial charge < -0.3 is 9.47 Å². The number of unbranched alkanes of at least 4 members (excludes halogenated alkanes) is 7. The molecule has 20 heavy (non-hydrogen) atoms. The number of ether oxygens (including phenoxy) is 2. The highest BCUT2D eigenvalue weighted by Crippen LogP contribution is 2.12. The van der Waals surface area contributed by atoms with Crippen LogP contribution in [0.3, 0.4) is 0 Å². The molecule has 0 rings (SSSR count). The topological polar surface area (TPSA) is 18.5 Å². The minimum atomic E-state index is 0.0235. The first-order chi connectivity index (χ1) is 9.85. The minimum Gasteiger partial charge on any atom is -0.353 e. The summed E-state index contributed by atoms with van der Waals surface area (Å²) in [5.74, 6) is 0. The van der Waals surface area contributed by atoms with E-state index in [9.17, 15) is 0 Å². The van der Waals surface area contributed by atoms with E-state index >= 15 is 0 Å². The summed E-state index contributed by atoms with van der Waals surface area (Å²) >= 11 is 0. The van der Waals surface area contributed by atoms with Crippen LogP contribution in [0.5, 0.6) is 0 Å². The van der Waals surface area contributed by atoms with Crippen molar-refractivity contribution in [3.05, 3.63) is 12.2 Å². The van der Waals surface area contributed by atoms with Gasteiger partial charge in [-0.15, -0.1) is 0 Å². The molecule has 0 spiro atoms. The Balaban J connectivity index is 3.24. The van der Waals surface area contributed by atoms with Crippen LogP contribution < -0.4 is 0 Å². The van der Waals surface area contributed by atoms with Gasteiger partial charge in [-0.3, -0.25) is 0 Å². The molecule has 2 nitrogen and oxygen atoms in total. The summed E-state index contributed by atoms with van der Waals surface area (Å²) in [5, 5.41) is 0. The lowest BCUT2D eigenvalue weighted by Gasteiger charge is -2.16. The Kier molecular flexibility index (Phi) is 16.4. The highest BCUT2D eigenvalue weighted by molar-refractivity contribution is 4.79. The molecule has 0 radical (unpaired) electrons. The summed E-state index contributed by atoms with van der Waals surface area (Å²) in [6.45, 7) is 7.75. The van der Waals surface area contributed by atoms with E-state index in [1.54, 1.807) is 0 Å². The van der Waals surface area contributed by atoms with Gasteiger partial charge in [-0.25, -0.2) is 0 Å². The van der Waals surface area contributed by atoms with Gasteiger partial charge in [0.15, 0.2) is 6.29 Å². The predicted octanol–water partition coefficient (Wildman–Crippen LogP) is 5.86. The van der Waals surface area contributed by atoms with Crippen LogP contribution in [0.15, 0.2) is 12.2 Å². The first-order valence-electron chi connectivity index (χ1n) is 8.73. The molecule has 0 aliphatic rings. The molecule has 0 aromatic rings. The monoisotopic (exact) mass is 284 g/mol. The van der Waals surface area contributed by atoms with E-state index in [4.69, 9.17) is 9.47 Å². The molecule has 0 bridgehead atoms. The van der Waals surface area contributed by atoms with Crippen molar-refractivity contribution in [1.82, 2.24) is 0 Å². The molecule has 0 aliphatic heterocycles. The Labute approximate surface area is 126 Å². The average Bonchev–Trinajstić information content (AvgIpc) is 2.45. The zero-order valence-electron chi connectivity index (χ0n) is 14.0. The molecule has 0 N–H and O–H groups in total. The van der Waals surface area contributed by atoms with E-state index in [1.165, 1.54) is 57.8 Å². The first kappa shape index (κ1) is 19.7. The van der Waals surface area contributed by atoms with Gasteiger partial charge in [0, 0.05) is 13.2 Å². The van der Waals surface area contributed by atoms with E-state index in [0.717, 1.165) is 19.6 Å². The summed E-state index contributed by atoms with van der Waals surface area (Å²) in [4.78, 5) is 0. The number of hydrogen-bond acceptors (Lipinski definition) is 2. The summed E-state index contributed by atoms with van der Waals surface area (Å²) < 4.78 is 11.1. The van der Waals surface area contributed by atoms with Crippen molar-refractivity contribution in [2.24, 2.45) is 0 Å². The summed E-state index contributed by atoms with van der Waals surface area (Å²) in [7, 11) is 0.